The quantitative estimate of drug-likeness (QED) is 0.477. The summed E-state index contributed by atoms with van der Waals surface area (Å²) in [5.74, 6) is -0.122. The number of amides is 1. The molecule has 1 amide bonds. The molecule has 0 bridgehead atoms. The molecule has 1 aliphatic rings. The second-order valence-electron chi connectivity index (χ2n) is 8.84. The number of hydrogen-bond donors (Lipinski definition) is 1. The zero-order chi connectivity index (χ0) is 22.9. The Morgan fingerprint density at radius 1 is 1.21 bits per heavy atom. The Bertz CT molecular complexity index is 1270. The Hall–Kier alpha value is -3.10. The maximum Gasteiger partial charge on any atom is 0.270 e. The molecule has 0 aliphatic carbocycles. The first kappa shape index (κ1) is 21.7. The van der Waals surface area contributed by atoms with E-state index in [1.807, 2.05) is 43.2 Å². The molecule has 8 heteroatoms. The highest BCUT2D eigenvalue weighted by atomic mass is 32.1. The van der Waals surface area contributed by atoms with E-state index in [1.54, 1.807) is 16.0 Å². The highest BCUT2D eigenvalue weighted by Crippen LogP contribution is 2.27. The maximum absolute atomic E-state index is 13.1. The standard InChI is InChI=1S/C25H27N5O2S/c1-15-8-20(9-16(2)32-15)28-24(31)23-11-18(21-6-7-33-25(21)29-23)10-17-4-5-22(26-12-17)19-13-27-30(3)14-19/h4-7,11-16,20H,8-10H2,1-3H3,(H,28,31). The number of carbonyl (C=O) groups excluding carboxylic acids is 1. The van der Waals surface area contributed by atoms with E-state index in [0.29, 0.717) is 12.1 Å². The largest absolute Gasteiger partial charge is 0.375 e. The van der Waals surface area contributed by atoms with E-state index in [1.165, 1.54) is 0 Å². The minimum atomic E-state index is -0.122. The third kappa shape index (κ3) is 4.82. The zero-order valence-corrected chi connectivity index (χ0v) is 19.8. The van der Waals surface area contributed by atoms with Gasteiger partial charge in [-0.15, -0.1) is 11.3 Å². The lowest BCUT2D eigenvalue weighted by atomic mass is 9.99. The number of fused-ring (bicyclic) bond motifs is 1. The number of thiophene rings is 1. The van der Waals surface area contributed by atoms with Crippen molar-refractivity contribution < 1.29 is 9.53 Å². The number of carbonyl (C=O) groups is 1. The molecule has 2 unspecified atom stereocenters. The maximum atomic E-state index is 13.1. The van der Waals surface area contributed by atoms with Gasteiger partial charge in [0.2, 0.25) is 0 Å². The molecular weight excluding hydrogens is 434 g/mol. The van der Waals surface area contributed by atoms with Crippen LogP contribution in [0.4, 0.5) is 0 Å². The summed E-state index contributed by atoms with van der Waals surface area (Å²) in [6.45, 7) is 4.10. The van der Waals surface area contributed by atoms with Crippen LogP contribution < -0.4 is 5.32 Å². The van der Waals surface area contributed by atoms with E-state index < -0.39 is 0 Å². The SMILES string of the molecule is CC1CC(NC(=O)c2cc(Cc3ccc(-c4cnn(C)c4)nc3)c3ccsc3n2)CC(C)O1. The van der Waals surface area contributed by atoms with Gasteiger partial charge < -0.3 is 10.1 Å². The fourth-order valence-corrected chi connectivity index (χ4v) is 5.35. The minimum Gasteiger partial charge on any atom is -0.375 e. The van der Waals surface area contributed by atoms with Gasteiger partial charge in [0.05, 0.1) is 24.1 Å². The molecule has 5 heterocycles. The number of aryl methyl sites for hydroxylation is 1. The topological polar surface area (TPSA) is 81.9 Å². The average molecular weight is 462 g/mol. The molecule has 0 spiro atoms. The van der Waals surface area contributed by atoms with Gasteiger partial charge in [0, 0.05) is 36.4 Å². The highest BCUT2D eigenvalue weighted by molar-refractivity contribution is 7.16. The minimum absolute atomic E-state index is 0.102. The molecule has 4 aromatic heterocycles. The van der Waals surface area contributed by atoms with Crippen molar-refractivity contribution in [1.29, 1.82) is 0 Å². The molecule has 2 atom stereocenters. The first-order valence-electron chi connectivity index (χ1n) is 11.2. The highest BCUT2D eigenvalue weighted by Gasteiger charge is 2.26. The van der Waals surface area contributed by atoms with Crippen molar-refractivity contribution in [3.05, 3.63) is 65.1 Å². The van der Waals surface area contributed by atoms with Gasteiger partial charge in [-0.1, -0.05) is 6.07 Å². The lowest BCUT2D eigenvalue weighted by molar-refractivity contribution is -0.0408. The number of nitrogens with one attached hydrogen (secondary N) is 1. The number of ether oxygens (including phenoxy) is 1. The Morgan fingerprint density at radius 2 is 2.03 bits per heavy atom. The van der Waals surface area contributed by atoms with Gasteiger partial charge in [0.1, 0.15) is 10.5 Å². The number of rotatable bonds is 5. The van der Waals surface area contributed by atoms with Crippen molar-refractivity contribution in [2.75, 3.05) is 0 Å². The lowest BCUT2D eigenvalue weighted by Gasteiger charge is -2.32. The van der Waals surface area contributed by atoms with Crippen molar-refractivity contribution >= 4 is 27.5 Å². The van der Waals surface area contributed by atoms with E-state index >= 15 is 0 Å². The van der Waals surface area contributed by atoms with Gasteiger partial charge in [0.25, 0.3) is 5.91 Å². The molecule has 1 N–H and O–H groups in total. The number of pyridine rings is 2. The van der Waals surface area contributed by atoms with Gasteiger partial charge in [0.15, 0.2) is 0 Å². The molecule has 5 rings (SSSR count). The summed E-state index contributed by atoms with van der Waals surface area (Å²) in [5.41, 5.74) is 4.51. The average Bonchev–Trinajstić information content (AvgIpc) is 3.42. The predicted octanol–water partition coefficient (Wildman–Crippen LogP) is 4.37. The van der Waals surface area contributed by atoms with Crippen LogP contribution in [0.3, 0.4) is 0 Å². The van der Waals surface area contributed by atoms with Crippen LogP contribution in [0.1, 0.15) is 48.3 Å². The third-order valence-electron chi connectivity index (χ3n) is 6.01. The zero-order valence-electron chi connectivity index (χ0n) is 19.0. The molecule has 1 aliphatic heterocycles. The monoisotopic (exact) mass is 461 g/mol. The van der Waals surface area contributed by atoms with Gasteiger partial charge in [-0.3, -0.25) is 14.5 Å². The fraction of sp³-hybridized carbons (Fsp3) is 0.360. The first-order valence-corrected chi connectivity index (χ1v) is 12.1. The van der Waals surface area contributed by atoms with Crippen molar-refractivity contribution in [2.24, 2.45) is 7.05 Å². The summed E-state index contributed by atoms with van der Waals surface area (Å²) in [5, 5.41) is 10.5. The van der Waals surface area contributed by atoms with Gasteiger partial charge in [-0.2, -0.15) is 5.10 Å². The summed E-state index contributed by atoms with van der Waals surface area (Å²) in [7, 11) is 1.89. The first-order chi connectivity index (χ1) is 15.9. The molecule has 1 fully saturated rings. The predicted molar refractivity (Wildman–Crippen MR) is 129 cm³/mol. The van der Waals surface area contributed by atoms with Crippen LogP contribution in [-0.4, -0.2) is 43.9 Å². The molecule has 0 radical (unpaired) electrons. The van der Waals surface area contributed by atoms with Crippen LogP contribution in [0.5, 0.6) is 0 Å². The molecule has 0 aromatic carbocycles. The Labute approximate surface area is 196 Å². The van der Waals surface area contributed by atoms with Crippen LogP contribution in [-0.2, 0) is 18.2 Å². The summed E-state index contributed by atoms with van der Waals surface area (Å²) >= 11 is 1.56. The molecule has 0 saturated carbocycles. The summed E-state index contributed by atoms with van der Waals surface area (Å²) < 4.78 is 7.57. The molecule has 7 nitrogen and oxygen atoms in total. The van der Waals surface area contributed by atoms with Gasteiger partial charge in [-0.05, 0) is 67.8 Å². The fourth-order valence-electron chi connectivity index (χ4n) is 4.53. The summed E-state index contributed by atoms with van der Waals surface area (Å²) in [6, 6.07) is 8.19. The Balaban J connectivity index is 1.37. The summed E-state index contributed by atoms with van der Waals surface area (Å²) in [4.78, 5) is 23.2. The van der Waals surface area contributed by atoms with Gasteiger partial charge >= 0.3 is 0 Å². The normalized spacial score (nSPS) is 20.8. The smallest absolute Gasteiger partial charge is 0.270 e. The summed E-state index contributed by atoms with van der Waals surface area (Å²) in [6.07, 6.45) is 8.26. The van der Waals surface area contributed by atoms with Crippen LogP contribution >= 0.6 is 11.3 Å². The van der Waals surface area contributed by atoms with Crippen molar-refractivity contribution in [1.82, 2.24) is 25.1 Å². The molecule has 170 valence electrons. The second-order valence-corrected chi connectivity index (χ2v) is 9.73. The lowest BCUT2D eigenvalue weighted by Crippen LogP contribution is -2.44. The van der Waals surface area contributed by atoms with E-state index in [9.17, 15) is 4.79 Å². The van der Waals surface area contributed by atoms with Crippen molar-refractivity contribution in [3.63, 3.8) is 0 Å². The third-order valence-corrected chi connectivity index (χ3v) is 6.82. The van der Waals surface area contributed by atoms with E-state index in [2.05, 4.69) is 46.4 Å². The van der Waals surface area contributed by atoms with Crippen LogP contribution in [0.25, 0.3) is 21.5 Å². The number of aromatic nitrogens is 4. The van der Waals surface area contributed by atoms with E-state index in [-0.39, 0.29) is 24.2 Å². The Morgan fingerprint density at radius 3 is 2.73 bits per heavy atom. The van der Waals surface area contributed by atoms with E-state index in [4.69, 9.17) is 4.74 Å². The van der Waals surface area contributed by atoms with Crippen LogP contribution in [0.2, 0.25) is 0 Å². The second kappa shape index (κ2) is 9.03. The molecular formula is C25H27N5O2S. The Kier molecular flexibility index (Phi) is 5.95. The molecule has 1 saturated heterocycles. The number of nitrogens with zero attached hydrogens (tertiary/aromatic N) is 4. The number of hydrogen-bond acceptors (Lipinski definition) is 6. The van der Waals surface area contributed by atoms with E-state index in [0.717, 1.165) is 45.4 Å². The van der Waals surface area contributed by atoms with Crippen molar-refractivity contribution in [3.8, 4) is 11.3 Å². The molecule has 4 aromatic rings. The van der Waals surface area contributed by atoms with Gasteiger partial charge in [-0.25, -0.2) is 4.98 Å². The van der Waals surface area contributed by atoms with Crippen molar-refractivity contribution in [2.45, 2.75) is 51.4 Å². The molecule has 33 heavy (non-hydrogen) atoms. The van der Waals surface area contributed by atoms with Crippen LogP contribution in [0.15, 0.2) is 48.2 Å². The van der Waals surface area contributed by atoms with Crippen LogP contribution in [0, 0.1) is 0 Å².